The van der Waals surface area contributed by atoms with Gasteiger partial charge in [0.25, 0.3) is 0 Å². The van der Waals surface area contributed by atoms with E-state index >= 15 is 0 Å². The second-order valence-electron chi connectivity index (χ2n) is 3.39. The molecule has 17 heavy (non-hydrogen) atoms. The Morgan fingerprint density at radius 3 is 2.41 bits per heavy atom. The summed E-state index contributed by atoms with van der Waals surface area (Å²) in [7, 11) is 0. The van der Waals surface area contributed by atoms with Crippen molar-refractivity contribution in [3.05, 3.63) is 28.0 Å². The van der Waals surface area contributed by atoms with Crippen molar-refractivity contribution in [3.8, 4) is 0 Å². The lowest BCUT2D eigenvalue weighted by Crippen LogP contribution is -2.22. The highest BCUT2D eigenvalue weighted by atomic mass is 35.5. The second-order valence-corrected chi connectivity index (χ2v) is 4.20. The third-order valence-corrected chi connectivity index (χ3v) is 2.49. The van der Waals surface area contributed by atoms with Crippen LogP contribution in [0.15, 0.2) is 12.1 Å². The SMILES string of the molecule is O=C(O)CC(O)CNc1cc(Cl)c(F)c(Cl)c1. The number of carbonyl (C=O) groups is 1. The number of halogens is 3. The van der Waals surface area contributed by atoms with Gasteiger partial charge in [0.05, 0.1) is 22.6 Å². The summed E-state index contributed by atoms with van der Waals surface area (Å²) in [5, 5.41) is 20.1. The molecule has 1 atom stereocenters. The van der Waals surface area contributed by atoms with Crippen molar-refractivity contribution in [3.63, 3.8) is 0 Å². The largest absolute Gasteiger partial charge is 0.481 e. The van der Waals surface area contributed by atoms with E-state index in [1.807, 2.05) is 0 Å². The van der Waals surface area contributed by atoms with Crippen LogP contribution in [0.1, 0.15) is 6.42 Å². The molecule has 1 aromatic carbocycles. The molecule has 0 radical (unpaired) electrons. The maximum Gasteiger partial charge on any atom is 0.306 e. The first kappa shape index (κ1) is 14.0. The smallest absolute Gasteiger partial charge is 0.306 e. The molecule has 0 saturated carbocycles. The Bertz CT molecular complexity index is 405. The van der Waals surface area contributed by atoms with Gasteiger partial charge in [-0.15, -0.1) is 0 Å². The minimum Gasteiger partial charge on any atom is -0.481 e. The van der Waals surface area contributed by atoms with Crippen molar-refractivity contribution >= 4 is 34.9 Å². The molecule has 0 saturated heterocycles. The maximum absolute atomic E-state index is 13.1. The average molecular weight is 282 g/mol. The first-order valence-electron chi connectivity index (χ1n) is 4.68. The molecule has 3 N–H and O–H groups in total. The number of aliphatic hydroxyl groups is 1. The van der Waals surface area contributed by atoms with Crippen LogP contribution >= 0.6 is 23.2 Å². The minimum absolute atomic E-state index is 0.00455. The van der Waals surface area contributed by atoms with Crippen LogP contribution in [0, 0.1) is 5.82 Å². The zero-order valence-electron chi connectivity index (χ0n) is 8.58. The monoisotopic (exact) mass is 281 g/mol. The predicted octanol–water partition coefficient (Wildman–Crippen LogP) is 2.38. The average Bonchev–Trinajstić information content (AvgIpc) is 2.22. The van der Waals surface area contributed by atoms with Gasteiger partial charge >= 0.3 is 5.97 Å². The van der Waals surface area contributed by atoms with E-state index in [1.54, 1.807) is 0 Å². The third kappa shape index (κ3) is 4.38. The highest BCUT2D eigenvalue weighted by molar-refractivity contribution is 6.35. The van der Waals surface area contributed by atoms with Gasteiger partial charge in [0.1, 0.15) is 0 Å². The van der Waals surface area contributed by atoms with E-state index in [2.05, 4.69) is 5.32 Å². The Morgan fingerprint density at radius 1 is 1.41 bits per heavy atom. The van der Waals surface area contributed by atoms with Crippen LogP contribution in [-0.2, 0) is 4.79 Å². The number of hydrogen-bond acceptors (Lipinski definition) is 3. The van der Waals surface area contributed by atoms with Crippen molar-refractivity contribution in [2.24, 2.45) is 0 Å². The summed E-state index contributed by atoms with van der Waals surface area (Å²) in [6.07, 6.45) is -1.43. The standard InChI is InChI=1S/C10H10Cl2FNO3/c11-7-1-5(2-8(12)10(7)13)14-4-6(15)3-9(16)17/h1-2,6,14-15H,3-4H2,(H,16,17). The van der Waals surface area contributed by atoms with Crippen LogP contribution in [-0.4, -0.2) is 28.8 Å². The van der Waals surface area contributed by atoms with Crippen LogP contribution in [0.4, 0.5) is 10.1 Å². The molecule has 0 aromatic heterocycles. The molecule has 0 aliphatic carbocycles. The number of anilines is 1. The van der Waals surface area contributed by atoms with Crippen LogP contribution in [0.25, 0.3) is 0 Å². The van der Waals surface area contributed by atoms with E-state index in [-0.39, 0.29) is 23.0 Å². The van der Waals surface area contributed by atoms with Gasteiger partial charge in [-0.3, -0.25) is 4.79 Å². The molecule has 0 aliphatic heterocycles. The molecule has 0 heterocycles. The molecule has 1 aromatic rings. The molecular weight excluding hydrogens is 272 g/mol. The quantitative estimate of drug-likeness (QED) is 0.725. The van der Waals surface area contributed by atoms with Crippen LogP contribution in [0.2, 0.25) is 10.0 Å². The van der Waals surface area contributed by atoms with Crippen molar-refractivity contribution in [1.29, 1.82) is 0 Å². The lowest BCUT2D eigenvalue weighted by Gasteiger charge is -2.11. The van der Waals surface area contributed by atoms with Crippen LogP contribution < -0.4 is 5.32 Å². The predicted molar refractivity (Wildman–Crippen MR) is 63.2 cm³/mol. The summed E-state index contributed by atoms with van der Waals surface area (Å²) in [6.45, 7) is 0.00455. The zero-order valence-corrected chi connectivity index (χ0v) is 10.1. The number of aliphatic hydroxyl groups excluding tert-OH is 1. The van der Waals surface area contributed by atoms with E-state index in [0.717, 1.165) is 0 Å². The van der Waals surface area contributed by atoms with E-state index in [9.17, 15) is 14.3 Å². The zero-order chi connectivity index (χ0) is 13.0. The summed E-state index contributed by atoms with van der Waals surface area (Å²) >= 11 is 11.1. The van der Waals surface area contributed by atoms with Gasteiger partial charge in [0.2, 0.25) is 0 Å². The van der Waals surface area contributed by atoms with Gasteiger partial charge in [0, 0.05) is 12.2 Å². The summed E-state index contributed by atoms with van der Waals surface area (Å²) in [5.74, 6) is -1.82. The van der Waals surface area contributed by atoms with Crippen molar-refractivity contribution in [2.45, 2.75) is 12.5 Å². The lowest BCUT2D eigenvalue weighted by molar-refractivity contribution is -0.138. The molecule has 0 aliphatic rings. The molecular formula is C10H10Cl2FNO3. The first-order valence-corrected chi connectivity index (χ1v) is 5.44. The van der Waals surface area contributed by atoms with Crippen LogP contribution in [0.5, 0.6) is 0 Å². The van der Waals surface area contributed by atoms with Gasteiger partial charge in [-0.05, 0) is 12.1 Å². The van der Waals surface area contributed by atoms with Gasteiger partial charge < -0.3 is 15.5 Å². The summed E-state index contributed by atoms with van der Waals surface area (Å²) in [6, 6.07) is 2.60. The molecule has 0 spiro atoms. The highest BCUT2D eigenvalue weighted by Gasteiger charge is 2.11. The van der Waals surface area contributed by atoms with E-state index in [1.165, 1.54) is 12.1 Å². The van der Waals surface area contributed by atoms with Gasteiger partial charge in [0.15, 0.2) is 5.82 Å². The molecule has 4 nitrogen and oxygen atoms in total. The molecule has 1 rings (SSSR count). The summed E-state index contributed by atoms with van der Waals surface area (Å²) in [4.78, 5) is 10.3. The fourth-order valence-corrected chi connectivity index (χ4v) is 1.65. The molecule has 0 bridgehead atoms. The molecule has 1 unspecified atom stereocenters. The van der Waals surface area contributed by atoms with E-state index < -0.39 is 17.9 Å². The number of hydrogen-bond donors (Lipinski definition) is 3. The molecule has 0 amide bonds. The Hall–Kier alpha value is -1.04. The maximum atomic E-state index is 13.1. The Morgan fingerprint density at radius 2 is 1.94 bits per heavy atom. The number of carboxylic acid groups (broad SMARTS) is 1. The second kappa shape index (κ2) is 6.05. The Labute approximate surface area is 107 Å². The number of carboxylic acids is 1. The van der Waals surface area contributed by atoms with Crippen molar-refractivity contribution in [1.82, 2.24) is 0 Å². The fourth-order valence-electron chi connectivity index (χ4n) is 1.17. The summed E-state index contributed by atoms with van der Waals surface area (Å²) < 4.78 is 13.1. The summed E-state index contributed by atoms with van der Waals surface area (Å²) in [5.41, 5.74) is 0.408. The third-order valence-electron chi connectivity index (χ3n) is 1.94. The number of nitrogens with one attached hydrogen (secondary N) is 1. The first-order chi connectivity index (χ1) is 7.90. The van der Waals surface area contributed by atoms with E-state index in [0.29, 0.717) is 5.69 Å². The Balaban J connectivity index is 2.61. The minimum atomic E-state index is -1.10. The fraction of sp³-hybridized carbons (Fsp3) is 0.300. The van der Waals surface area contributed by atoms with Crippen molar-refractivity contribution < 1.29 is 19.4 Å². The number of benzene rings is 1. The molecule has 7 heteroatoms. The van der Waals surface area contributed by atoms with Gasteiger partial charge in [-0.25, -0.2) is 4.39 Å². The van der Waals surface area contributed by atoms with E-state index in [4.69, 9.17) is 28.3 Å². The molecule has 94 valence electrons. The van der Waals surface area contributed by atoms with Crippen LogP contribution in [0.3, 0.4) is 0 Å². The van der Waals surface area contributed by atoms with Gasteiger partial charge in [-0.1, -0.05) is 23.2 Å². The lowest BCUT2D eigenvalue weighted by atomic mass is 10.2. The van der Waals surface area contributed by atoms with Gasteiger partial charge in [-0.2, -0.15) is 0 Å². The highest BCUT2D eigenvalue weighted by Crippen LogP contribution is 2.27. The topological polar surface area (TPSA) is 69.6 Å². The molecule has 0 fully saturated rings. The Kier molecular flexibility index (Phi) is 4.99. The normalized spacial score (nSPS) is 12.2. The van der Waals surface area contributed by atoms with Crippen molar-refractivity contribution in [2.75, 3.05) is 11.9 Å². The number of aliphatic carboxylic acids is 1. The number of rotatable bonds is 5.